The van der Waals surface area contributed by atoms with E-state index in [0.717, 1.165) is 5.69 Å². The summed E-state index contributed by atoms with van der Waals surface area (Å²) in [4.78, 5) is 30.1. The Morgan fingerprint density at radius 2 is 1.92 bits per heavy atom. The van der Waals surface area contributed by atoms with Crippen molar-refractivity contribution in [3.05, 3.63) is 59.9 Å². The van der Waals surface area contributed by atoms with Gasteiger partial charge in [0.25, 0.3) is 5.91 Å². The van der Waals surface area contributed by atoms with Crippen LogP contribution in [-0.2, 0) is 11.3 Å². The summed E-state index contributed by atoms with van der Waals surface area (Å²) < 4.78 is 5.43. The molecule has 1 heterocycles. The van der Waals surface area contributed by atoms with E-state index in [1.165, 1.54) is 4.90 Å². The van der Waals surface area contributed by atoms with Crippen LogP contribution in [0.3, 0.4) is 0 Å². The number of nitrogens with zero attached hydrogens (tertiary/aromatic N) is 2. The number of benzene rings is 1. The molecule has 1 N–H and O–H groups in total. The van der Waals surface area contributed by atoms with Crippen LogP contribution in [0.2, 0.25) is 0 Å². The highest BCUT2D eigenvalue weighted by Crippen LogP contribution is 2.17. The summed E-state index contributed by atoms with van der Waals surface area (Å²) in [6.45, 7) is 2.63. The first-order valence-corrected chi connectivity index (χ1v) is 7.75. The minimum Gasteiger partial charge on any atom is -0.493 e. The first-order valence-electron chi connectivity index (χ1n) is 7.75. The van der Waals surface area contributed by atoms with Crippen LogP contribution in [0.5, 0.6) is 5.75 Å². The number of hydrogen-bond donors (Lipinski definition) is 1. The van der Waals surface area contributed by atoms with Gasteiger partial charge in [-0.1, -0.05) is 18.2 Å². The second-order valence-corrected chi connectivity index (χ2v) is 5.18. The van der Waals surface area contributed by atoms with E-state index in [4.69, 9.17) is 4.74 Å². The van der Waals surface area contributed by atoms with Crippen LogP contribution in [-0.4, -0.2) is 41.9 Å². The standard InChI is InChI=1S/C18H21N3O3/c1-3-24-16-10-5-4-9-15(16)18(23)20-12-17(22)21(2)13-14-8-6-7-11-19-14/h4-11H,3,12-13H2,1-2H3,(H,20,23). The van der Waals surface area contributed by atoms with Crippen LogP contribution in [0.4, 0.5) is 0 Å². The fraction of sp³-hybridized carbons (Fsp3) is 0.278. The molecule has 6 heteroatoms. The second kappa shape index (κ2) is 8.67. The summed E-state index contributed by atoms with van der Waals surface area (Å²) in [5.41, 5.74) is 1.21. The SMILES string of the molecule is CCOc1ccccc1C(=O)NCC(=O)N(C)Cc1ccccn1. The molecule has 0 spiro atoms. The number of pyridine rings is 1. The van der Waals surface area contributed by atoms with Crippen LogP contribution < -0.4 is 10.1 Å². The van der Waals surface area contributed by atoms with Gasteiger partial charge in [0.2, 0.25) is 5.91 Å². The van der Waals surface area contributed by atoms with Gasteiger partial charge in [0.1, 0.15) is 5.75 Å². The molecule has 126 valence electrons. The Hall–Kier alpha value is -2.89. The molecule has 0 saturated carbocycles. The molecule has 6 nitrogen and oxygen atoms in total. The van der Waals surface area contributed by atoms with Gasteiger partial charge < -0.3 is 15.0 Å². The van der Waals surface area contributed by atoms with Gasteiger partial charge >= 0.3 is 0 Å². The van der Waals surface area contributed by atoms with Gasteiger partial charge in [0.15, 0.2) is 0 Å². The average molecular weight is 327 g/mol. The Morgan fingerprint density at radius 3 is 2.62 bits per heavy atom. The van der Waals surface area contributed by atoms with Crippen molar-refractivity contribution in [2.45, 2.75) is 13.5 Å². The summed E-state index contributed by atoms with van der Waals surface area (Å²) in [7, 11) is 1.68. The molecule has 0 aliphatic carbocycles. The number of para-hydroxylation sites is 1. The molecule has 0 bridgehead atoms. The Bertz CT molecular complexity index is 689. The van der Waals surface area contributed by atoms with Crippen molar-refractivity contribution in [2.24, 2.45) is 0 Å². The summed E-state index contributed by atoms with van der Waals surface area (Å²) in [5.74, 6) is -0.0201. The van der Waals surface area contributed by atoms with Gasteiger partial charge in [-0.05, 0) is 31.2 Å². The Balaban J connectivity index is 1.90. The molecule has 0 saturated heterocycles. The molecule has 0 fully saturated rings. The quantitative estimate of drug-likeness (QED) is 0.843. The largest absolute Gasteiger partial charge is 0.493 e. The lowest BCUT2D eigenvalue weighted by Gasteiger charge is -2.17. The minimum atomic E-state index is -0.335. The molecule has 1 aromatic heterocycles. The molecular weight excluding hydrogens is 306 g/mol. The zero-order valence-corrected chi connectivity index (χ0v) is 13.9. The zero-order valence-electron chi connectivity index (χ0n) is 13.9. The van der Waals surface area contributed by atoms with Gasteiger partial charge in [0, 0.05) is 13.2 Å². The van der Waals surface area contributed by atoms with Crippen molar-refractivity contribution in [3.63, 3.8) is 0 Å². The lowest BCUT2D eigenvalue weighted by atomic mass is 10.2. The van der Waals surface area contributed by atoms with Crippen LogP contribution in [0.1, 0.15) is 23.0 Å². The molecule has 0 aliphatic heterocycles. The average Bonchev–Trinajstić information content (AvgIpc) is 2.61. The number of amides is 2. The van der Waals surface area contributed by atoms with E-state index in [2.05, 4.69) is 10.3 Å². The molecule has 24 heavy (non-hydrogen) atoms. The lowest BCUT2D eigenvalue weighted by Crippen LogP contribution is -2.38. The molecule has 0 atom stereocenters. The van der Waals surface area contributed by atoms with Gasteiger partial charge in [-0.25, -0.2) is 0 Å². The van der Waals surface area contributed by atoms with E-state index >= 15 is 0 Å². The summed E-state index contributed by atoms with van der Waals surface area (Å²) in [5, 5.41) is 2.63. The van der Waals surface area contributed by atoms with E-state index in [0.29, 0.717) is 24.5 Å². The number of ether oxygens (including phenoxy) is 1. The Labute approximate surface area is 141 Å². The monoisotopic (exact) mass is 327 g/mol. The third-order valence-corrected chi connectivity index (χ3v) is 3.38. The fourth-order valence-electron chi connectivity index (χ4n) is 2.14. The number of nitrogens with one attached hydrogen (secondary N) is 1. The molecule has 2 amide bonds. The summed E-state index contributed by atoms with van der Waals surface area (Å²) >= 11 is 0. The van der Waals surface area contributed by atoms with E-state index in [9.17, 15) is 9.59 Å². The number of rotatable bonds is 7. The van der Waals surface area contributed by atoms with E-state index in [1.807, 2.05) is 25.1 Å². The summed E-state index contributed by atoms with van der Waals surface area (Å²) in [6, 6.07) is 12.5. The lowest BCUT2D eigenvalue weighted by molar-refractivity contribution is -0.129. The highest BCUT2D eigenvalue weighted by Gasteiger charge is 2.15. The van der Waals surface area contributed by atoms with Crippen LogP contribution in [0, 0.1) is 0 Å². The Morgan fingerprint density at radius 1 is 1.17 bits per heavy atom. The maximum Gasteiger partial charge on any atom is 0.255 e. The minimum absolute atomic E-state index is 0.0807. The van der Waals surface area contributed by atoms with Crippen LogP contribution >= 0.6 is 0 Å². The predicted molar refractivity (Wildman–Crippen MR) is 90.7 cm³/mol. The zero-order chi connectivity index (χ0) is 17.4. The fourth-order valence-corrected chi connectivity index (χ4v) is 2.14. The topological polar surface area (TPSA) is 71.5 Å². The van der Waals surface area contributed by atoms with Gasteiger partial charge in [-0.15, -0.1) is 0 Å². The highest BCUT2D eigenvalue weighted by molar-refractivity contribution is 5.98. The van der Waals surface area contributed by atoms with Crippen molar-refractivity contribution in [2.75, 3.05) is 20.2 Å². The molecule has 2 aromatic rings. The predicted octanol–water partition coefficient (Wildman–Crippen LogP) is 1.87. The van der Waals surface area contributed by atoms with Crippen molar-refractivity contribution >= 4 is 11.8 Å². The number of carbonyl (C=O) groups is 2. The highest BCUT2D eigenvalue weighted by atomic mass is 16.5. The molecular formula is C18H21N3O3. The maximum atomic E-state index is 12.3. The van der Waals surface area contributed by atoms with E-state index in [1.54, 1.807) is 37.5 Å². The third kappa shape index (κ3) is 4.81. The molecule has 2 rings (SSSR count). The molecule has 0 radical (unpaired) electrons. The number of carbonyl (C=O) groups excluding carboxylic acids is 2. The van der Waals surface area contributed by atoms with Gasteiger partial charge in [-0.2, -0.15) is 0 Å². The van der Waals surface area contributed by atoms with E-state index in [-0.39, 0.29) is 18.4 Å². The first kappa shape index (κ1) is 17.5. The second-order valence-electron chi connectivity index (χ2n) is 5.18. The molecule has 0 aliphatic rings. The van der Waals surface area contributed by atoms with Crippen molar-refractivity contribution in [1.82, 2.24) is 15.2 Å². The first-order chi connectivity index (χ1) is 11.6. The summed E-state index contributed by atoms with van der Waals surface area (Å²) in [6.07, 6.45) is 1.68. The van der Waals surface area contributed by atoms with Crippen molar-refractivity contribution in [3.8, 4) is 5.75 Å². The number of aromatic nitrogens is 1. The maximum absolute atomic E-state index is 12.3. The van der Waals surface area contributed by atoms with Gasteiger partial charge in [0.05, 0.1) is 31.0 Å². The van der Waals surface area contributed by atoms with E-state index < -0.39 is 0 Å². The molecule has 1 aromatic carbocycles. The van der Waals surface area contributed by atoms with Crippen molar-refractivity contribution in [1.29, 1.82) is 0 Å². The number of likely N-dealkylation sites (N-methyl/N-ethyl adjacent to an activating group) is 1. The molecule has 0 unspecified atom stereocenters. The number of hydrogen-bond acceptors (Lipinski definition) is 4. The van der Waals surface area contributed by atoms with Crippen LogP contribution in [0.25, 0.3) is 0 Å². The van der Waals surface area contributed by atoms with Crippen LogP contribution in [0.15, 0.2) is 48.7 Å². The third-order valence-electron chi connectivity index (χ3n) is 3.38. The van der Waals surface area contributed by atoms with Gasteiger partial charge in [-0.3, -0.25) is 14.6 Å². The Kier molecular flexibility index (Phi) is 6.31. The van der Waals surface area contributed by atoms with Crippen molar-refractivity contribution < 1.29 is 14.3 Å². The normalized spacial score (nSPS) is 10.1. The smallest absolute Gasteiger partial charge is 0.255 e.